The SMILES string of the molecule is O=C(Cc1cncs1)c1ccc(F)cc1Cl. The fraction of sp³-hybridized carbons (Fsp3) is 0.0909. The van der Waals surface area contributed by atoms with Gasteiger partial charge < -0.3 is 0 Å². The summed E-state index contributed by atoms with van der Waals surface area (Å²) in [5.41, 5.74) is 2.01. The molecule has 82 valence electrons. The molecule has 1 heterocycles. The van der Waals surface area contributed by atoms with Crippen molar-refractivity contribution in [1.29, 1.82) is 0 Å². The lowest BCUT2D eigenvalue weighted by Gasteiger charge is -2.01. The molecule has 5 heteroatoms. The molecule has 0 N–H and O–H groups in total. The summed E-state index contributed by atoms with van der Waals surface area (Å²) >= 11 is 7.20. The maximum Gasteiger partial charge on any atom is 0.169 e. The molecule has 0 saturated carbocycles. The summed E-state index contributed by atoms with van der Waals surface area (Å²) < 4.78 is 12.8. The molecule has 1 aromatic heterocycles. The van der Waals surface area contributed by atoms with Gasteiger partial charge in [0.05, 0.1) is 10.5 Å². The van der Waals surface area contributed by atoms with E-state index < -0.39 is 5.82 Å². The average molecular weight is 256 g/mol. The number of hydrogen-bond donors (Lipinski definition) is 0. The second-order valence-corrected chi connectivity index (χ2v) is 4.57. The molecular weight excluding hydrogens is 249 g/mol. The molecule has 0 fully saturated rings. The number of rotatable bonds is 3. The van der Waals surface area contributed by atoms with E-state index in [1.165, 1.54) is 23.5 Å². The minimum Gasteiger partial charge on any atom is -0.294 e. The summed E-state index contributed by atoms with van der Waals surface area (Å²) in [4.78, 5) is 16.6. The highest BCUT2D eigenvalue weighted by molar-refractivity contribution is 7.09. The van der Waals surface area contributed by atoms with Gasteiger partial charge in [-0.25, -0.2) is 4.39 Å². The molecule has 2 aromatic rings. The highest BCUT2D eigenvalue weighted by atomic mass is 35.5. The topological polar surface area (TPSA) is 30.0 Å². The van der Waals surface area contributed by atoms with Gasteiger partial charge in [-0.1, -0.05) is 11.6 Å². The average Bonchev–Trinajstić information content (AvgIpc) is 2.70. The van der Waals surface area contributed by atoms with Crippen LogP contribution in [0.4, 0.5) is 4.39 Å². The molecule has 0 bridgehead atoms. The molecule has 0 amide bonds. The third-order valence-electron chi connectivity index (χ3n) is 2.05. The molecule has 0 saturated heterocycles. The highest BCUT2D eigenvalue weighted by Gasteiger charge is 2.12. The molecule has 0 aliphatic heterocycles. The van der Waals surface area contributed by atoms with Gasteiger partial charge in [-0.15, -0.1) is 11.3 Å². The number of thiazole rings is 1. The number of nitrogens with zero attached hydrogens (tertiary/aromatic N) is 1. The Bertz CT molecular complexity index is 513. The summed E-state index contributed by atoms with van der Waals surface area (Å²) in [5.74, 6) is -0.575. The van der Waals surface area contributed by atoms with E-state index in [9.17, 15) is 9.18 Å². The number of halogens is 2. The number of benzene rings is 1. The normalized spacial score (nSPS) is 10.4. The summed E-state index contributed by atoms with van der Waals surface area (Å²) in [6, 6.07) is 3.77. The van der Waals surface area contributed by atoms with Crippen molar-refractivity contribution in [3.63, 3.8) is 0 Å². The van der Waals surface area contributed by atoms with Crippen LogP contribution in [0.5, 0.6) is 0 Å². The highest BCUT2D eigenvalue weighted by Crippen LogP contribution is 2.20. The van der Waals surface area contributed by atoms with Crippen LogP contribution in [0.15, 0.2) is 29.9 Å². The van der Waals surface area contributed by atoms with Gasteiger partial charge in [-0.05, 0) is 18.2 Å². The third-order valence-corrected chi connectivity index (χ3v) is 3.14. The zero-order chi connectivity index (χ0) is 11.5. The molecule has 16 heavy (non-hydrogen) atoms. The Morgan fingerprint density at radius 2 is 2.31 bits per heavy atom. The van der Waals surface area contributed by atoms with Gasteiger partial charge in [0.2, 0.25) is 0 Å². The second-order valence-electron chi connectivity index (χ2n) is 3.19. The minimum atomic E-state index is -0.445. The van der Waals surface area contributed by atoms with Crippen molar-refractivity contribution in [3.8, 4) is 0 Å². The standard InChI is InChI=1S/C11H7ClFNOS/c12-10-3-7(13)1-2-9(10)11(15)4-8-5-14-6-16-8/h1-3,5-6H,4H2. The Morgan fingerprint density at radius 1 is 1.50 bits per heavy atom. The summed E-state index contributed by atoms with van der Waals surface area (Å²) in [6.45, 7) is 0. The van der Waals surface area contributed by atoms with Gasteiger partial charge >= 0.3 is 0 Å². The van der Waals surface area contributed by atoms with Gasteiger partial charge in [0.25, 0.3) is 0 Å². The van der Waals surface area contributed by atoms with E-state index in [-0.39, 0.29) is 17.2 Å². The zero-order valence-corrected chi connectivity index (χ0v) is 9.69. The number of ketones is 1. The van der Waals surface area contributed by atoms with Gasteiger partial charge in [0, 0.05) is 23.1 Å². The van der Waals surface area contributed by atoms with Crippen molar-refractivity contribution in [2.24, 2.45) is 0 Å². The lowest BCUT2D eigenvalue weighted by Crippen LogP contribution is -2.03. The second kappa shape index (κ2) is 4.72. The molecule has 0 spiro atoms. The van der Waals surface area contributed by atoms with E-state index in [0.717, 1.165) is 10.9 Å². The quantitative estimate of drug-likeness (QED) is 0.787. The minimum absolute atomic E-state index is 0.130. The van der Waals surface area contributed by atoms with Gasteiger partial charge in [-0.2, -0.15) is 0 Å². The lowest BCUT2D eigenvalue weighted by molar-refractivity contribution is 0.0994. The van der Waals surface area contributed by atoms with Gasteiger partial charge in [0.15, 0.2) is 5.78 Å². The fourth-order valence-corrected chi connectivity index (χ4v) is 2.16. The Kier molecular flexibility index (Phi) is 3.31. The van der Waals surface area contributed by atoms with Crippen LogP contribution in [0.3, 0.4) is 0 Å². The molecule has 2 nitrogen and oxygen atoms in total. The Hall–Kier alpha value is -1.26. The number of hydrogen-bond acceptors (Lipinski definition) is 3. The number of carbonyl (C=O) groups is 1. The monoisotopic (exact) mass is 255 g/mol. The number of carbonyl (C=O) groups excluding carboxylic acids is 1. The van der Waals surface area contributed by atoms with Crippen LogP contribution >= 0.6 is 22.9 Å². The maximum atomic E-state index is 12.8. The Morgan fingerprint density at radius 3 is 2.94 bits per heavy atom. The van der Waals surface area contributed by atoms with E-state index >= 15 is 0 Å². The predicted octanol–water partition coefficient (Wildman–Crippen LogP) is 3.36. The Balaban J connectivity index is 2.21. The van der Waals surface area contributed by atoms with Crippen molar-refractivity contribution < 1.29 is 9.18 Å². The zero-order valence-electron chi connectivity index (χ0n) is 8.11. The van der Waals surface area contributed by atoms with Crippen LogP contribution < -0.4 is 0 Å². The summed E-state index contributed by atoms with van der Waals surface area (Å²) in [7, 11) is 0. The summed E-state index contributed by atoms with van der Waals surface area (Å²) in [6.07, 6.45) is 1.88. The van der Waals surface area contributed by atoms with E-state index in [1.54, 1.807) is 11.7 Å². The van der Waals surface area contributed by atoms with Crippen molar-refractivity contribution in [2.75, 3.05) is 0 Å². The van der Waals surface area contributed by atoms with Crippen molar-refractivity contribution in [3.05, 3.63) is 51.2 Å². The molecule has 1 aromatic carbocycles. The maximum absolute atomic E-state index is 12.8. The van der Waals surface area contributed by atoms with Crippen molar-refractivity contribution >= 4 is 28.7 Å². The summed E-state index contributed by atoms with van der Waals surface area (Å²) in [5, 5.41) is 0.148. The first-order chi connectivity index (χ1) is 7.66. The van der Waals surface area contributed by atoms with E-state index in [0.29, 0.717) is 5.56 Å². The predicted molar refractivity (Wildman–Crippen MR) is 61.6 cm³/mol. The molecule has 0 radical (unpaired) electrons. The molecule has 0 aliphatic carbocycles. The van der Waals surface area contributed by atoms with Crippen molar-refractivity contribution in [1.82, 2.24) is 4.98 Å². The number of Topliss-reactive ketones (excluding diaryl/α,β-unsaturated/α-hetero) is 1. The van der Waals surface area contributed by atoms with Crippen LogP contribution in [-0.2, 0) is 6.42 Å². The first-order valence-corrected chi connectivity index (χ1v) is 5.78. The smallest absolute Gasteiger partial charge is 0.169 e. The van der Waals surface area contributed by atoms with Crippen LogP contribution in [0.1, 0.15) is 15.2 Å². The van der Waals surface area contributed by atoms with E-state index in [4.69, 9.17) is 11.6 Å². The molecule has 2 rings (SSSR count). The van der Waals surface area contributed by atoms with E-state index in [2.05, 4.69) is 4.98 Å². The van der Waals surface area contributed by atoms with E-state index in [1.807, 2.05) is 0 Å². The largest absolute Gasteiger partial charge is 0.294 e. The van der Waals surface area contributed by atoms with Crippen molar-refractivity contribution in [2.45, 2.75) is 6.42 Å². The van der Waals surface area contributed by atoms with Crippen LogP contribution in [-0.4, -0.2) is 10.8 Å². The molecular formula is C11H7ClFNOS. The molecule has 0 atom stereocenters. The van der Waals surface area contributed by atoms with Crippen LogP contribution in [0.2, 0.25) is 5.02 Å². The Labute approximate surface area is 101 Å². The van der Waals surface area contributed by atoms with Gasteiger partial charge in [0.1, 0.15) is 5.82 Å². The van der Waals surface area contributed by atoms with Crippen LogP contribution in [0, 0.1) is 5.82 Å². The number of aromatic nitrogens is 1. The first-order valence-electron chi connectivity index (χ1n) is 4.52. The lowest BCUT2D eigenvalue weighted by atomic mass is 10.1. The first kappa shape index (κ1) is 11.2. The third kappa shape index (κ3) is 2.46. The molecule has 0 aliphatic rings. The fourth-order valence-electron chi connectivity index (χ4n) is 1.30. The van der Waals surface area contributed by atoms with Gasteiger partial charge in [-0.3, -0.25) is 9.78 Å². The molecule has 0 unspecified atom stereocenters. The van der Waals surface area contributed by atoms with Crippen LogP contribution in [0.25, 0.3) is 0 Å².